The van der Waals surface area contributed by atoms with E-state index in [0.717, 1.165) is 5.56 Å². The van der Waals surface area contributed by atoms with Crippen LogP contribution in [0.4, 0.5) is 4.39 Å². The number of benzene rings is 1. The zero-order valence-electron chi connectivity index (χ0n) is 14.1. The van der Waals surface area contributed by atoms with E-state index in [-0.39, 0.29) is 23.5 Å². The minimum atomic E-state index is -0.372. The fourth-order valence-corrected chi connectivity index (χ4v) is 2.83. The Balaban J connectivity index is 1.48. The molecule has 1 aliphatic rings. The van der Waals surface area contributed by atoms with Gasteiger partial charge in [0.15, 0.2) is 0 Å². The maximum atomic E-state index is 13.0. The molecule has 2 heterocycles. The second-order valence-corrected chi connectivity index (χ2v) is 6.09. The average Bonchev–Trinajstić information content (AvgIpc) is 2.69. The van der Waals surface area contributed by atoms with Crippen molar-refractivity contribution in [3.8, 4) is 0 Å². The van der Waals surface area contributed by atoms with Crippen LogP contribution < -0.4 is 5.43 Å². The number of pyridine rings is 1. The quantitative estimate of drug-likeness (QED) is 0.676. The molecule has 6 nitrogen and oxygen atoms in total. The van der Waals surface area contributed by atoms with Crippen molar-refractivity contribution >= 4 is 18.0 Å². The number of halogens is 1. The van der Waals surface area contributed by atoms with E-state index in [0.29, 0.717) is 31.5 Å². The monoisotopic (exact) mass is 354 g/mol. The molecule has 2 amide bonds. The van der Waals surface area contributed by atoms with Crippen molar-refractivity contribution in [2.75, 3.05) is 13.1 Å². The molecule has 0 saturated carbocycles. The van der Waals surface area contributed by atoms with Gasteiger partial charge in [0.1, 0.15) is 5.82 Å². The highest BCUT2D eigenvalue weighted by Gasteiger charge is 2.27. The smallest absolute Gasteiger partial charge is 0.253 e. The summed E-state index contributed by atoms with van der Waals surface area (Å²) in [7, 11) is 0. The maximum Gasteiger partial charge on any atom is 0.253 e. The first-order chi connectivity index (χ1) is 12.6. The molecular formula is C19H19FN4O2. The molecule has 0 atom stereocenters. The van der Waals surface area contributed by atoms with Gasteiger partial charge in [-0.3, -0.25) is 14.6 Å². The summed E-state index contributed by atoms with van der Waals surface area (Å²) in [5.41, 5.74) is 3.79. The van der Waals surface area contributed by atoms with Crippen LogP contribution in [0.2, 0.25) is 0 Å². The van der Waals surface area contributed by atoms with Gasteiger partial charge in [0.25, 0.3) is 5.91 Å². The van der Waals surface area contributed by atoms with Gasteiger partial charge in [-0.25, -0.2) is 9.82 Å². The molecular weight excluding hydrogens is 335 g/mol. The van der Waals surface area contributed by atoms with Crippen molar-refractivity contribution in [1.29, 1.82) is 0 Å². The van der Waals surface area contributed by atoms with Gasteiger partial charge in [-0.15, -0.1) is 0 Å². The number of hydrogen-bond acceptors (Lipinski definition) is 4. The summed E-state index contributed by atoms with van der Waals surface area (Å²) in [4.78, 5) is 30.2. The standard InChI is InChI=1S/C19H19FN4O2/c20-17-5-3-16(4-6-17)19(26)24-10-7-15(8-11-24)18(25)23-22-13-14-2-1-9-21-12-14/h1-6,9,12-13,15H,7-8,10-11H2,(H,23,25). The minimum absolute atomic E-state index is 0.140. The maximum absolute atomic E-state index is 13.0. The van der Waals surface area contributed by atoms with E-state index in [1.165, 1.54) is 30.5 Å². The molecule has 2 aromatic rings. The van der Waals surface area contributed by atoms with Crippen molar-refractivity contribution in [3.05, 3.63) is 65.7 Å². The number of hydrazone groups is 1. The second-order valence-electron chi connectivity index (χ2n) is 6.09. The van der Waals surface area contributed by atoms with Gasteiger partial charge in [-0.2, -0.15) is 5.10 Å². The van der Waals surface area contributed by atoms with Crippen LogP contribution in [0.3, 0.4) is 0 Å². The van der Waals surface area contributed by atoms with E-state index in [9.17, 15) is 14.0 Å². The molecule has 1 fully saturated rings. The summed E-state index contributed by atoms with van der Waals surface area (Å²) >= 11 is 0. The highest BCUT2D eigenvalue weighted by molar-refractivity contribution is 5.94. The number of nitrogens with zero attached hydrogens (tertiary/aromatic N) is 3. The lowest BCUT2D eigenvalue weighted by atomic mass is 9.95. The van der Waals surface area contributed by atoms with Crippen LogP contribution >= 0.6 is 0 Å². The Labute approximate surface area is 150 Å². The lowest BCUT2D eigenvalue weighted by Crippen LogP contribution is -2.42. The molecule has 26 heavy (non-hydrogen) atoms. The van der Waals surface area contributed by atoms with Crippen LogP contribution in [0.25, 0.3) is 0 Å². The van der Waals surface area contributed by atoms with Crippen LogP contribution in [0.5, 0.6) is 0 Å². The molecule has 1 N–H and O–H groups in total. The number of rotatable bonds is 4. The molecule has 7 heteroatoms. The predicted octanol–water partition coefficient (Wildman–Crippen LogP) is 2.22. The van der Waals surface area contributed by atoms with Crippen LogP contribution in [-0.4, -0.2) is 41.0 Å². The van der Waals surface area contributed by atoms with Crippen LogP contribution in [0.15, 0.2) is 53.9 Å². The molecule has 0 spiro atoms. The summed E-state index contributed by atoms with van der Waals surface area (Å²) < 4.78 is 13.0. The van der Waals surface area contributed by atoms with Gasteiger partial charge in [-0.1, -0.05) is 6.07 Å². The first-order valence-corrected chi connectivity index (χ1v) is 8.41. The van der Waals surface area contributed by atoms with Gasteiger partial charge in [0.2, 0.25) is 5.91 Å². The summed E-state index contributed by atoms with van der Waals surface area (Å²) in [6.45, 7) is 0.973. The van der Waals surface area contributed by atoms with E-state index in [4.69, 9.17) is 0 Å². The average molecular weight is 354 g/mol. The number of likely N-dealkylation sites (tertiary alicyclic amines) is 1. The van der Waals surface area contributed by atoms with Gasteiger partial charge < -0.3 is 4.90 Å². The number of amides is 2. The number of hydrogen-bond donors (Lipinski definition) is 1. The van der Waals surface area contributed by atoms with Crippen molar-refractivity contribution in [2.45, 2.75) is 12.8 Å². The Morgan fingerprint density at radius 3 is 2.58 bits per heavy atom. The van der Waals surface area contributed by atoms with Crippen molar-refractivity contribution in [2.24, 2.45) is 11.0 Å². The summed E-state index contributed by atoms with van der Waals surface area (Å²) in [5, 5.41) is 3.95. The zero-order valence-corrected chi connectivity index (χ0v) is 14.1. The Bertz CT molecular complexity index is 785. The topological polar surface area (TPSA) is 74.7 Å². The molecule has 0 bridgehead atoms. The molecule has 1 saturated heterocycles. The third kappa shape index (κ3) is 4.50. The second kappa shape index (κ2) is 8.33. The van der Waals surface area contributed by atoms with Crippen molar-refractivity contribution < 1.29 is 14.0 Å². The first kappa shape index (κ1) is 17.7. The summed E-state index contributed by atoms with van der Waals surface area (Å²) in [5.74, 6) is -0.848. The predicted molar refractivity (Wildman–Crippen MR) is 95.0 cm³/mol. The van der Waals surface area contributed by atoms with Crippen LogP contribution in [0.1, 0.15) is 28.8 Å². The molecule has 3 rings (SSSR count). The molecule has 1 aromatic carbocycles. The molecule has 0 radical (unpaired) electrons. The normalized spacial score (nSPS) is 15.2. The van der Waals surface area contributed by atoms with E-state index in [1.807, 2.05) is 6.07 Å². The third-order valence-corrected chi connectivity index (χ3v) is 4.32. The highest BCUT2D eigenvalue weighted by Crippen LogP contribution is 2.19. The van der Waals surface area contributed by atoms with E-state index in [2.05, 4.69) is 15.5 Å². The SMILES string of the molecule is O=C(NN=Cc1cccnc1)C1CCN(C(=O)c2ccc(F)cc2)CC1. The lowest BCUT2D eigenvalue weighted by Gasteiger charge is -2.31. The molecule has 1 aliphatic heterocycles. The number of carbonyl (C=O) groups excluding carboxylic acids is 2. The summed E-state index contributed by atoms with van der Waals surface area (Å²) in [6, 6.07) is 9.12. The molecule has 0 aliphatic carbocycles. The number of aromatic nitrogens is 1. The fraction of sp³-hybridized carbons (Fsp3) is 0.263. The van der Waals surface area contributed by atoms with Gasteiger partial charge in [0, 0.05) is 42.5 Å². The Kier molecular flexibility index (Phi) is 5.68. The van der Waals surface area contributed by atoms with Crippen LogP contribution in [-0.2, 0) is 4.79 Å². The van der Waals surface area contributed by atoms with Crippen molar-refractivity contribution in [1.82, 2.24) is 15.3 Å². The lowest BCUT2D eigenvalue weighted by molar-refractivity contribution is -0.126. The molecule has 0 unspecified atom stereocenters. The van der Waals surface area contributed by atoms with E-state index in [1.54, 1.807) is 23.4 Å². The van der Waals surface area contributed by atoms with Gasteiger partial charge >= 0.3 is 0 Å². The van der Waals surface area contributed by atoms with E-state index < -0.39 is 0 Å². The highest BCUT2D eigenvalue weighted by atomic mass is 19.1. The Morgan fingerprint density at radius 2 is 1.92 bits per heavy atom. The Hall–Kier alpha value is -3.09. The molecule has 134 valence electrons. The number of nitrogens with one attached hydrogen (secondary N) is 1. The summed E-state index contributed by atoms with van der Waals surface area (Å²) in [6.07, 6.45) is 5.99. The third-order valence-electron chi connectivity index (χ3n) is 4.32. The van der Waals surface area contributed by atoms with Gasteiger partial charge in [0.05, 0.1) is 6.21 Å². The van der Waals surface area contributed by atoms with Crippen molar-refractivity contribution in [3.63, 3.8) is 0 Å². The largest absolute Gasteiger partial charge is 0.339 e. The van der Waals surface area contributed by atoms with Crippen LogP contribution in [0, 0.1) is 11.7 Å². The Morgan fingerprint density at radius 1 is 1.19 bits per heavy atom. The minimum Gasteiger partial charge on any atom is -0.339 e. The fourth-order valence-electron chi connectivity index (χ4n) is 2.83. The van der Waals surface area contributed by atoms with Gasteiger partial charge in [-0.05, 0) is 43.2 Å². The van der Waals surface area contributed by atoms with E-state index >= 15 is 0 Å². The first-order valence-electron chi connectivity index (χ1n) is 8.41. The number of piperidine rings is 1. The molecule has 1 aromatic heterocycles. The zero-order chi connectivity index (χ0) is 18.4. The number of carbonyl (C=O) groups is 2.